The van der Waals surface area contributed by atoms with Crippen molar-refractivity contribution in [1.29, 1.82) is 5.26 Å². The van der Waals surface area contributed by atoms with Gasteiger partial charge in [-0.05, 0) is 24.6 Å². The maximum Gasteiger partial charge on any atom is 0.310 e. The molecule has 1 unspecified atom stereocenters. The Bertz CT molecular complexity index is 510. The summed E-state index contributed by atoms with van der Waals surface area (Å²) in [5, 5.41) is 8.99. The summed E-state index contributed by atoms with van der Waals surface area (Å²) in [5.41, 5.74) is 0.964. The Morgan fingerprint density at radius 1 is 1.61 bits per heavy atom. The highest BCUT2D eigenvalue weighted by Gasteiger charge is 2.30. The first-order chi connectivity index (χ1) is 8.65. The number of hydrogen-bond donors (Lipinski definition) is 0. The summed E-state index contributed by atoms with van der Waals surface area (Å²) in [6.45, 7) is 1.17. The maximum absolute atomic E-state index is 13.0. The van der Waals surface area contributed by atoms with E-state index in [2.05, 4.69) is 0 Å². The normalized spacial score (nSPS) is 18.5. The third-order valence-corrected chi connectivity index (χ3v) is 3.14. The largest absolute Gasteiger partial charge is 0.469 e. The van der Waals surface area contributed by atoms with E-state index < -0.39 is 5.82 Å². The summed E-state index contributed by atoms with van der Waals surface area (Å²) in [6, 6.07) is 6.08. The number of benzene rings is 1. The van der Waals surface area contributed by atoms with E-state index >= 15 is 0 Å². The van der Waals surface area contributed by atoms with Crippen molar-refractivity contribution in [3.63, 3.8) is 0 Å². The molecular weight excluding hydrogens is 235 g/mol. The molecule has 94 valence electrons. The van der Waals surface area contributed by atoms with Gasteiger partial charge in [0.25, 0.3) is 0 Å². The number of rotatable bonds is 2. The zero-order chi connectivity index (χ0) is 13.1. The Labute approximate surface area is 105 Å². The van der Waals surface area contributed by atoms with Crippen LogP contribution in [0.4, 0.5) is 10.1 Å². The molecule has 2 rings (SSSR count). The van der Waals surface area contributed by atoms with E-state index in [1.807, 2.05) is 11.0 Å². The van der Waals surface area contributed by atoms with Crippen LogP contribution in [0.2, 0.25) is 0 Å². The summed E-state index contributed by atoms with van der Waals surface area (Å²) in [7, 11) is 1.36. The van der Waals surface area contributed by atoms with Gasteiger partial charge in [-0.15, -0.1) is 0 Å². The van der Waals surface area contributed by atoms with E-state index in [1.54, 1.807) is 6.07 Å². The van der Waals surface area contributed by atoms with Crippen molar-refractivity contribution >= 4 is 11.7 Å². The van der Waals surface area contributed by atoms with Crippen molar-refractivity contribution in [3.05, 3.63) is 29.6 Å². The smallest absolute Gasteiger partial charge is 0.310 e. The van der Waals surface area contributed by atoms with Crippen LogP contribution in [0.25, 0.3) is 0 Å². The summed E-state index contributed by atoms with van der Waals surface area (Å²) in [6.07, 6.45) is 0.689. The predicted octanol–water partition coefficient (Wildman–Crippen LogP) is 1.70. The molecule has 5 heteroatoms. The van der Waals surface area contributed by atoms with Crippen LogP contribution < -0.4 is 4.90 Å². The highest BCUT2D eigenvalue weighted by Crippen LogP contribution is 2.27. The van der Waals surface area contributed by atoms with Gasteiger partial charge in [-0.1, -0.05) is 0 Å². The van der Waals surface area contributed by atoms with Crippen LogP contribution in [-0.2, 0) is 9.53 Å². The first-order valence-corrected chi connectivity index (χ1v) is 5.68. The summed E-state index contributed by atoms with van der Waals surface area (Å²) < 4.78 is 17.7. The first-order valence-electron chi connectivity index (χ1n) is 5.68. The zero-order valence-corrected chi connectivity index (χ0v) is 10.0. The highest BCUT2D eigenvalue weighted by atomic mass is 19.1. The number of nitriles is 1. The monoisotopic (exact) mass is 248 g/mol. The van der Waals surface area contributed by atoms with Crippen molar-refractivity contribution in [2.75, 3.05) is 25.1 Å². The van der Waals surface area contributed by atoms with Gasteiger partial charge in [0, 0.05) is 13.1 Å². The standard InChI is InChI=1S/C13H13FN2O2/c1-18-13(17)9-4-5-16(8-9)12-3-2-11(14)6-10(12)7-15/h2-3,6,9H,4-5,8H2,1H3. The molecule has 0 spiro atoms. The maximum atomic E-state index is 13.0. The average molecular weight is 248 g/mol. The van der Waals surface area contributed by atoms with Crippen LogP contribution in [0.5, 0.6) is 0 Å². The fourth-order valence-corrected chi connectivity index (χ4v) is 2.21. The summed E-state index contributed by atoms with van der Waals surface area (Å²) >= 11 is 0. The lowest BCUT2D eigenvalue weighted by molar-refractivity contribution is -0.144. The van der Waals surface area contributed by atoms with Gasteiger partial charge in [-0.25, -0.2) is 4.39 Å². The van der Waals surface area contributed by atoms with E-state index in [4.69, 9.17) is 10.00 Å². The number of nitrogens with zero attached hydrogens (tertiary/aromatic N) is 2. The lowest BCUT2D eigenvalue weighted by atomic mass is 10.1. The van der Waals surface area contributed by atoms with Gasteiger partial charge in [0.1, 0.15) is 11.9 Å². The van der Waals surface area contributed by atoms with Gasteiger partial charge >= 0.3 is 5.97 Å². The third-order valence-electron chi connectivity index (χ3n) is 3.14. The van der Waals surface area contributed by atoms with Crippen LogP contribution in [-0.4, -0.2) is 26.2 Å². The molecule has 0 amide bonds. The molecule has 0 bridgehead atoms. The Balaban J connectivity index is 2.20. The predicted molar refractivity (Wildman–Crippen MR) is 63.5 cm³/mol. The second kappa shape index (κ2) is 5.05. The van der Waals surface area contributed by atoms with Crippen molar-refractivity contribution < 1.29 is 13.9 Å². The Kier molecular flexibility index (Phi) is 3.47. The van der Waals surface area contributed by atoms with Crippen molar-refractivity contribution in [2.45, 2.75) is 6.42 Å². The third kappa shape index (κ3) is 2.28. The number of anilines is 1. The minimum Gasteiger partial charge on any atom is -0.469 e. The van der Waals surface area contributed by atoms with Crippen molar-refractivity contribution in [2.24, 2.45) is 5.92 Å². The van der Waals surface area contributed by atoms with Crippen molar-refractivity contribution in [3.8, 4) is 6.07 Å². The molecule has 1 aliphatic rings. The Morgan fingerprint density at radius 3 is 3.06 bits per heavy atom. The summed E-state index contributed by atoms with van der Waals surface area (Å²) in [5.74, 6) is -0.844. The zero-order valence-electron chi connectivity index (χ0n) is 10.0. The van der Waals surface area contributed by atoms with E-state index in [9.17, 15) is 9.18 Å². The van der Waals surface area contributed by atoms with Crippen LogP contribution in [0, 0.1) is 23.1 Å². The number of halogens is 1. The molecule has 18 heavy (non-hydrogen) atoms. The van der Waals surface area contributed by atoms with E-state index in [1.165, 1.54) is 19.2 Å². The van der Waals surface area contributed by atoms with E-state index in [0.29, 0.717) is 30.8 Å². The Morgan fingerprint density at radius 2 is 2.39 bits per heavy atom. The van der Waals surface area contributed by atoms with Gasteiger partial charge < -0.3 is 9.64 Å². The molecule has 1 saturated heterocycles. The molecule has 1 heterocycles. The molecule has 0 saturated carbocycles. The van der Waals surface area contributed by atoms with Crippen molar-refractivity contribution in [1.82, 2.24) is 0 Å². The van der Waals surface area contributed by atoms with E-state index in [0.717, 1.165) is 0 Å². The molecule has 1 fully saturated rings. The number of ether oxygens (including phenoxy) is 1. The molecule has 1 atom stereocenters. The fourth-order valence-electron chi connectivity index (χ4n) is 2.21. The molecule has 0 aliphatic carbocycles. The minimum atomic E-state index is -0.431. The van der Waals surface area contributed by atoms with Crippen LogP contribution in [0.3, 0.4) is 0 Å². The number of esters is 1. The van der Waals surface area contributed by atoms with Crippen LogP contribution in [0.15, 0.2) is 18.2 Å². The average Bonchev–Trinajstić information content (AvgIpc) is 2.87. The molecule has 1 aliphatic heterocycles. The SMILES string of the molecule is COC(=O)C1CCN(c2ccc(F)cc2C#N)C1. The fraction of sp³-hybridized carbons (Fsp3) is 0.385. The van der Waals surface area contributed by atoms with Crippen LogP contribution in [0.1, 0.15) is 12.0 Å². The van der Waals surface area contributed by atoms with Gasteiger partial charge in [-0.2, -0.15) is 5.26 Å². The lowest BCUT2D eigenvalue weighted by Crippen LogP contribution is -2.24. The van der Waals surface area contributed by atoms with Gasteiger partial charge in [0.15, 0.2) is 0 Å². The molecule has 0 radical (unpaired) electrons. The molecule has 0 aromatic heterocycles. The lowest BCUT2D eigenvalue weighted by Gasteiger charge is -2.19. The second-order valence-corrected chi connectivity index (χ2v) is 4.23. The molecule has 1 aromatic carbocycles. The Hall–Kier alpha value is -2.09. The number of carbonyl (C=O) groups excluding carboxylic acids is 1. The number of carbonyl (C=O) groups is 1. The van der Waals surface area contributed by atoms with Gasteiger partial charge in [0.05, 0.1) is 24.3 Å². The van der Waals surface area contributed by atoms with Gasteiger partial charge in [-0.3, -0.25) is 4.79 Å². The highest BCUT2D eigenvalue weighted by molar-refractivity contribution is 5.74. The molecule has 0 N–H and O–H groups in total. The topological polar surface area (TPSA) is 53.3 Å². The molecule has 1 aromatic rings. The van der Waals surface area contributed by atoms with Crippen LogP contribution >= 0.6 is 0 Å². The van der Waals surface area contributed by atoms with Gasteiger partial charge in [0.2, 0.25) is 0 Å². The number of methoxy groups -OCH3 is 1. The van der Waals surface area contributed by atoms with E-state index in [-0.39, 0.29) is 11.9 Å². The molecular formula is C13H13FN2O2. The second-order valence-electron chi connectivity index (χ2n) is 4.23. The first kappa shape index (κ1) is 12.4. The minimum absolute atomic E-state index is 0.174. The summed E-state index contributed by atoms with van der Waals surface area (Å²) in [4.78, 5) is 13.3. The molecule has 4 nitrogen and oxygen atoms in total. The quantitative estimate of drug-likeness (QED) is 0.747. The number of hydrogen-bond acceptors (Lipinski definition) is 4.